The minimum atomic E-state index is -3.53. The number of hydrogen-bond acceptors (Lipinski definition) is 4. The summed E-state index contributed by atoms with van der Waals surface area (Å²) in [6, 6.07) is 3.18. The van der Waals surface area contributed by atoms with Crippen molar-refractivity contribution in [1.29, 1.82) is 0 Å². The van der Waals surface area contributed by atoms with Crippen molar-refractivity contribution in [3.63, 3.8) is 0 Å². The van der Waals surface area contributed by atoms with E-state index >= 15 is 0 Å². The molecule has 0 atom stereocenters. The number of unbranched alkanes of at least 4 members (excludes halogenated alkanes) is 2. The highest BCUT2D eigenvalue weighted by atomic mass is 35.5. The molecule has 0 heterocycles. The molecule has 0 saturated carbocycles. The fourth-order valence-electron chi connectivity index (χ4n) is 2.03. The van der Waals surface area contributed by atoms with Crippen LogP contribution in [0.4, 0.5) is 0 Å². The minimum absolute atomic E-state index is 0.222. The van der Waals surface area contributed by atoms with Gasteiger partial charge < -0.3 is 5.73 Å². The third-order valence-corrected chi connectivity index (χ3v) is 5.76. The Bertz CT molecular complexity index is 562. The van der Waals surface area contributed by atoms with E-state index in [0.717, 1.165) is 30.6 Å². The van der Waals surface area contributed by atoms with Crippen molar-refractivity contribution >= 4 is 33.4 Å². The van der Waals surface area contributed by atoms with Gasteiger partial charge in [0, 0.05) is 18.1 Å². The van der Waals surface area contributed by atoms with E-state index in [2.05, 4.69) is 11.0 Å². The van der Waals surface area contributed by atoms with Gasteiger partial charge in [-0.25, -0.2) is 13.1 Å². The maximum atomic E-state index is 12.3. The SMILES string of the molecule is CSCCCCCNS(=O)(=O)c1cc(Cl)cc(CN)c1C. The Balaban J connectivity index is 2.72. The molecular weight excluding hydrogens is 328 g/mol. The molecule has 0 aromatic heterocycles. The molecule has 4 nitrogen and oxygen atoms in total. The Morgan fingerprint density at radius 2 is 2.00 bits per heavy atom. The first kappa shape index (κ1) is 18.8. The van der Waals surface area contributed by atoms with Gasteiger partial charge in [-0.15, -0.1) is 0 Å². The zero-order chi connectivity index (χ0) is 15.9. The summed E-state index contributed by atoms with van der Waals surface area (Å²) in [4.78, 5) is 0.222. The largest absolute Gasteiger partial charge is 0.326 e. The number of hydrogen-bond donors (Lipinski definition) is 2. The number of halogens is 1. The summed E-state index contributed by atoms with van der Waals surface area (Å²) in [6.07, 6.45) is 5.03. The Labute approximate surface area is 136 Å². The van der Waals surface area contributed by atoms with E-state index in [4.69, 9.17) is 17.3 Å². The van der Waals surface area contributed by atoms with Gasteiger partial charge in [0.2, 0.25) is 10.0 Å². The zero-order valence-electron chi connectivity index (χ0n) is 12.5. The molecule has 0 aliphatic rings. The van der Waals surface area contributed by atoms with Crippen LogP contribution < -0.4 is 10.5 Å². The smallest absolute Gasteiger partial charge is 0.240 e. The van der Waals surface area contributed by atoms with Crippen LogP contribution in [0.25, 0.3) is 0 Å². The number of rotatable bonds is 9. The first-order chi connectivity index (χ1) is 9.92. The lowest BCUT2D eigenvalue weighted by Crippen LogP contribution is -2.26. The van der Waals surface area contributed by atoms with Gasteiger partial charge >= 0.3 is 0 Å². The van der Waals surface area contributed by atoms with Crippen LogP contribution in [-0.2, 0) is 16.6 Å². The maximum absolute atomic E-state index is 12.3. The molecule has 0 bridgehead atoms. The number of benzene rings is 1. The van der Waals surface area contributed by atoms with E-state index in [1.165, 1.54) is 6.07 Å². The summed E-state index contributed by atoms with van der Waals surface area (Å²) in [6.45, 7) is 2.47. The summed E-state index contributed by atoms with van der Waals surface area (Å²) in [5, 5.41) is 0.390. The van der Waals surface area contributed by atoms with Gasteiger partial charge in [-0.05, 0) is 55.0 Å². The molecule has 0 spiro atoms. The molecule has 0 radical (unpaired) electrons. The molecule has 0 aliphatic heterocycles. The lowest BCUT2D eigenvalue weighted by Gasteiger charge is -2.13. The van der Waals surface area contributed by atoms with Gasteiger partial charge in [-0.3, -0.25) is 0 Å². The van der Waals surface area contributed by atoms with Crippen molar-refractivity contribution in [3.05, 3.63) is 28.3 Å². The quantitative estimate of drug-likeness (QED) is 0.672. The second-order valence-corrected chi connectivity index (χ2v) is 8.00. The maximum Gasteiger partial charge on any atom is 0.240 e. The summed E-state index contributed by atoms with van der Waals surface area (Å²) in [7, 11) is -3.53. The Hall–Kier alpha value is -0.270. The van der Waals surface area contributed by atoms with Crippen LogP contribution in [0.2, 0.25) is 5.02 Å². The summed E-state index contributed by atoms with van der Waals surface area (Å²) >= 11 is 7.78. The van der Waals surface area contributed by atoms with Crippen molar-refractivity contribution in [1.82, 2.24) is 4.72 Å². The average Bonchev–Trinajstić information content (AvgIpc) is 2.44. The molecule has 0 amide bonds. The van der Waals surface area contributed by atoms with Crippen molar-refractivity contribution in [2.75, 3.05) is 18.6 Å². The lowest BCUT2D eigenvalue weighted by atomic mass is 10.1. The summed E-state index contributed by atoms with van der Waals surface area (Å²) < 4.78 is 27.3. The lowest BCUT2D eigenvalue weighted by molar-refractivity contribution is 0.575. The molecule has 0 aliphatic carbocycles. The summed E-state index contributed by atoms with van der Waals surface area (Å²) in [5.74, 6) is 1.11. The van der Waals surface area contributed by atoms with Crippen molar-refractivity contribution < 1.29 is 8.42 Å². The first-order valence-corrected chi connectivity index (χ1v) is 10.2. The van der Waals surface area contributed by atoms with E-state index in [9.17, 15) is 8.42 Å². The van der Waals surface area contributed by atoms with Crippen LogP contribution >= 0.6 is 23.4 Å². The second-order valence-electron chi connectivity index (χ2n) is 4.84. The molecule has 3 N–H and O–H groups in total. The van der Waals surface area contributed by atoms with Crippen molar-refractivity contribution in [3.8, 4) is 0 Å². The van der Waals surface area contributed by atoms with Gasteiger partial charge in [0.05, 0.1) is 4.90 Å². The van der Waals surface area contributed by atoms with Gasteiger partial charge in [-0.2, -0.15) is 11.8 Å². The molecular formula is C14H23ClN2O2S2. The van der Waals surface area contributed by atoms with E-state index in [1.54, 1.807) is 24.8 Å². The number of nitrogens with one attached hydrogen (secondary N) is 1. The first-order valence-electron chi connectivity index (χ1n) is 6.90. The molecule has 1 rings (SSSR count). The molecule has 0 unspecified atom stereocenters. The fourth-order valence-corrected chi connectivity index (χ4v) is 4.21. The third kappa shape index (κ3) is 5.79. The predicted molar refractivity (Wildman–Crippen MR) is 91.5 cm³/mol. The molecule has 0 fully saturated rings. The van der Waals surface area contributed by atoms with Gasteiger partial charge in [0.25, 0.3) is 0 Å². The highest BCUT2D eigenvalue weighted by molar-refractivity contribution is 7.98. The van der Waals surface area contributed by atoms with Gasteiger partial charge in [0.1, 0.15) is 0 Å². The Morgan fingerprint density at radius 1 is 1.29 bits per heavy atom. The highest BCUT2D eigenvalue weighted by Gasteiger charge is 2.18. The van der Waals surface area contributed by atoms with Crippen LogP contribution in [0.1, 0.15) is 30.4 Å². The predicted octanol–water partition coefficient (Wildman–Crippen LogP) is 2.92. The van der Waals surface area contributed by atoms with E-state index in [1.807, 2.05) is 0 Å². The molecule has 0 saturated heterocycles. The topological polar surface area (TPSA) is 72.2 Å². The minimum Gasteiger partial charge on any atom is -0.326 e. The molecule has 1 aromatic rings. The molecule has 7 heteroatoms. The molecule has 1 aromatic carbocycles. The van der Waals surface area contributed by atoms with E-state index in [-0.39, 0.29) is 11.4 Å². The zero-order valence-corrected chi connectivity index (χ0v) is 14.9. The highest BCUT2D eigenvalue weighted by Crippen LogP contribution is 2.24. The van der Waals surface area contributed by atoms with Crippen LogP contribution in [0.5, 0.6) is 0 Å². The van der Waals surface area contributed by atoms with Crippen molar-refractivity contribution in [2.24, 2.45) is 5.73 Å². The molecule has 21 heavy (non-hydrogen) atoms. The van der Waals surface area contributed by atoms with Crippen LogP contribution in [0, 0.1) is 6.92 Å². The van der Waals surface area contributed by atoms with Gasteiger partial charge in [0.15, 0.2) is 0 Å². The van der Waals surface area contributed by atoms with E-state index < -0.39 is 10.0 Å². The average molecular weight is 351 g/mol. The van der Waals surface area contributed by atoms with Crippen molar-refractivity contribution in [2.45, 2.75) is 37.6 Å². The number of thioether (sulfide) groups is 1. The normalized spacial score (nSPS) is 11.8. The summed E-state index contributed by atoms with van der Waals surface area (Å²) in [5.41, 5.74) is 7.04. The second kappa shape index (κ2) is 9.00. The Morgan fingerprint density at radius 3 is 2.62 bits per heavy atom. The van der Waals surface area contributed by atoms with Crippen LogP contribution in [-0.4, -0.2) is 27.0 Å². The van der Waals surface area contributed by atoms with E-state index in [0.29, 0.717) is 17.1 Å². The van der Waals surface area contributed by atoms with Gasteiger partial charge in [-0.1, -0.05) is 18.0 Å². The molecule has 120 valence electrons. The Kier molecular flexibility index (Phi) is 8.05. The standard InChI is InChI=1S/C14H23ClN2O2S2/c1-11-12(10-16)8-13(15)9-14(11)21(18,19)17-6-4-3-5-7-20-2/h8-9,17H,3-7,10,16H2,1-2H3. The number of nitrogens with two attached hydrogens (primary N) is 1. The third-order valence-electron chi connectivity index (χ3n) is 3.26. The monoisotopic (exact) mass is 350 g/mol. The van der Waals surface area contributed by atoms with Crippen LogP contribution in [0.15, 0.2) is 17.0 Å². The fraction of sp³-hybridized carbons (Fsp3) is 0.571. The van der Waals surface area contributed by atoms with Crippen LogP contribution in [0.3, 0.4) is 0 Å². The number of sulfonamides is 1.